The number of benzene rings is 1. The fraction of sp³-hybridized carbons (Fsp3) is 0.182. The second-order valence-electron chi connectivity index (χ2n) is 6.97. The number of hydrogen-bond acceptors (Lipinski definition) is 7. The number of hydrogen-bond donors (Lipinski definition) is 3. The monoisotopic (exact) mass is 418 g/mol. The molecule has 0 bridgehead atoms. The second kappa shape index (κ2) is 8.41. The van der Waals surface area contributed by atoms with Crippen LogP contribution in [0.15, 0.2) is 42.6 Å². The summed E-state index contributed by atoms with van der Waals surface area (Å²) in [5.74, 6) is -0.298. The molecule has 0 saturated carbocycles. The maximum Gasteiger partial charge on any atom is 0.269 e. The number of nitrogens with zero attached hydrogens (tertiary/aromatic N) is 3. The number of primary amides is 1. The Morgan fingerprint density at radius 1 is 1.13 bits per heavy atom. The molecule has 3 heterocycles. The number of aryl methyl sites for hydroxylation is 1. The molecule has 1 amide bonds. The molecule has 4 aromatic rings. The zero-order valence-electron chi connectivity index (χ0n) is 17.2. The summed E-state index contributed by atoms with van der Waals surface area (Å²) < 4.78 is 10.6. The lowest BCUT2D eigenvalue weighted by molar-refractivity contribution is 0.0996. The minimum Gasteiger partial charge on any atom is -0.475 e. The molecular weight excluding hydrogens is 396 g/mol. The molecule has 1 aromatic carbocycles. The lowest BCUT2D eigenvalue weighted by Gasteiger charge is -2.15. The van der Waals surface area contributed by atoms with Crippen molar-refractivity contribution in [1.82, 2.24) is 20.2 Å². The van der Waals surface area contributed by atoms with Gasteiger partial charge < -0.3 is 20.9 Å². The zero-order chi connectivity index (χ0) is 22.0. The normalized spacial score (nSPS) is 11.0. The number of nitrogens with one attached hydrogen (secondary N) is 1. The Bertz CT molecular complexity index is 1270. The largest absolute Gasteiger partial charge is 0.475 e. The van der Waals surface area contributed by atoms with E-state index in [0.29, 0.717) is 36.0 Å². The molecule has 0 aliphatic rings. The highest BCUT2D eigenvalue weighted by Gasteiger charge is 2.20. The molecule has 9 nitrogen and oxygen atoms in total. The Morgan fingerprint density at radius 2 is 1.97 bits per heavy atom. The SMILES string of the molecule is COCCOc1cccc(-c2cc(-c3c(C)ccc4[nH]ncc34)c(N)c(C(N)=O)n2)n1. The highest BCUT2D eigenvalue weighted by molar-refractivity contribution is 6.05. The Hall–Kier alpha value is -3.98. The summed E-state index contributed by atoms with van der Waals surface area (Å²) >= 11 is 0. The smallest absolute Gasteiger partial charge is 0.269 e. The number of methoxy groups -OCH3 is 1. The van der Waals surface area contributed by atoms with Gasteiger partial charge in [-0.25, -0.2) is 9.97 Å². The van der Waals surface area contributed by atoms with Gasteiger partial charge in [0.15, 0.2) is 5.69 Å². The Kier molecular flexibility index (Phi) is 5.50. The first-order valence-electron chi connectivity index (χ1n) is 9.62. The van der Waals surface area contributed by atoms with E-state index < -0.39 is 5.91 Å². The molecule has 0 saturated heterocycles. The first kappa shape index (κ1) is 20.3. The Labute approximate surface area is 178 Å². The summed E-state index contributed by atoms with van der Waals surface area (Å²) in [4.78, 5) is 21.0. The van der Waals surface area contributed by atoms with Crippen molar-refractivity contribution in [3.05, 3.63) is 53.9 Å². The van der Waals surface area contributed by atoms with Crippen LogP contribution in [0.3, 0.4) is 0 Å². The van der Waals surface area contributed by atoms with Crippen molar-refractivity contribution >= 4 is 22.5 Å². The van der Waals surface area contributed by atoms with Crippen LogP contribution in [0.25, 0.3) is 33.4 Å². The number of H-pyrrole nitrogens is 1. The van der Waals surface area contributed by atoms with E-state index in [1.165, 1.54) is 0 Å². The summed E-state index contributed by atoms with van der Waals surface area (Å²) in [7, 11) is 1.60. The minimum atomic E-state index is -0.717. The molecule has 4 rings (SSSR count). The fourth-order valence-corrected chi connectivity index (χ4v) is 3.43. The van der Waals surface area contributed by atoms with E-state index in [2.05, 4.69) is 20.2 Å². The lowest BCUT2D eigenvalue weighted by Crippen LogP contribution is -2.17. The molecule has 9 heteroatoms. The van der Waals surface area contributed by atoms with E-state index in [1.807, 2.05) is 19.1 Å². The third-order valence-corrected chi connectivity index (χ3v) is 4.92. The van der Waals surface area contributed by atoms with Crippen LogP contribution in [-0.4, -0.2) is 46.4 Å². The summed E-state index contributed by atoms with van der Waals surface area (Å²) in [5, 5.41) is 7.96. The van der Waals surface area contributed by atoms with Crippen molar-refractivity contribution in [2.24, 2.45) is 5.73 Å². The third kappa shape index (κ3) is 3.90. The van der Waals surface area contributed by atoms with E-state index >= 15 is 0 Å². The molecule has 31 heavy (non-hydrogen) atoms. The molecular formula is C22H22N6O3. The van der Waals surface area contributed by atoms with Crippen LogP contribution in [-0.2, 0) is 4.74 Å². The highest BCUT2D eigenvalue weighted by atomic mass is 16.5. The number of nitrogens with two attached hydrogens (primary N) is 2. The van der Waals surface area contributed by atoms with E-state index in [4.69, 9.17) is 20.9 Å². The van der Waals surface area contributed by atoms with Gasteiger partial charge >= 0.3 is 0 Å². The van der Waals surface area contributed by atoms with Gasteiger partial charge in [-0.2, -0.15) is 5.10 Å². The lowest BCUT2D eigenvalue weighted by atomic mass is 9.94. The number of anilines is 1. The van der Waals surface area contributed by atoms with Crippen LogP contribution in [0, 0.1) is 6.92 Å². The number of ether oxygens (including phenoxy) is 2. The van der Waals surface area contributed by atoms with Gasteiger partial charge in [0.1, 0.15) is 6.61 Å². The second-order valence-corrected chi connectivity index (χ2v) is 6.97. The quantitative estimate of drug-likeness (QED) is 0.392. The molecule has 0 atom stereocenters. The predicted octanol–water partition coefficient (Wildman–Crippen LogP) is 2.70. The van der Waals surface area contributed by atoms with Crippen molar-refractivity contribution < 1.29 is 14.3 Å². The van der Waals surface area contributed by atoms with Gasteiger partial charge in [-0.3, -0.25) is 9.89 Å². The van der Waals surface area contributed by atoms with Gasteiger partial charge in [-0.15, -0.1) is 0 Å². The number of aromatic amines is 1. The number of fused-ring (bicyclic) bond motifs is 1. The number of carbonyl (C=O) groups excluding carboxylic acids is 1. The van der Waals surface area contributed by atoms with Crippen molar-refractivity contribution in [2.75, 3.05) is 26.1 Å². The summed E-state index contributed by atoms with van der Waals surface area (Å²) in [6.45, 7) is 2.77. The summed E-state index contributed by atoms with van der Waals surface area (Å²) in [6.07, 6.45) is 1.73. The number of nitrogen functional groups attached to an aromatic ring is 1. The molecule has 0 aliphatic carbocycles. The van der Waals surface area contributed by atoms with Crippen LogP contribution in [0.2, 0.25) is 0 Å². The standard InChI is InChI=1S/C22H22N6O3/c1-12-6-7-15-14(11-25-28-15)19(12)13-10-17(27-21(20(13)23)22(24)29)16-4-3-5-18(26-16)31-9-8-30-2/h3-7,10-11H,8-9,23H2,1-2H3,(H2,24,29)(H,25,28). The molecule has 0 fully saturated rings. The third-order valence-electron chi connectivity index (χ3n) is 4.92. The Morgan fingerprint density at radius 3 is 2.74 bits per heavy atom. The van der Waals surface area contributed by atoms with Gasteiger partial charge in [0, 0.05) is 24.1 Å². The van der Waals surface area contributed by atoms with E-state index in [0.717, 1.165) is 22.0 Å². The maximum absolute atomic E-state index is 12.1. The number of pyridine rings is 2. The number of amides is 1. The zero-order valence-corrected chi connectivity index (χ0v) is 17.2. The molecule has 158 valence electrons. The molecule has 0 unspecified atom stereocenters. The van der Waals surface area contributed by atoms with Gasteiger partial charge in [0.2, 0.25) is 5.88 Å². The molecule has 0 aliphatic heterocycles. The van der Waals surface area contributed by atoms with Crippen LogP contribution in [0.5, 0.6) is 5.88 Å². The Balaban J connectivity index is 1.89. The van der Waals surface area contributed by atoms with E-state index in [1.54, 1.807) is 37.6 Å². The molecule has 0 radical (unpaired) electrons. The predicted molar refractivity (Wildman–Crippen MR) is 118 cm³/mol. The average molecular weight is 418 g/mol. The molecule has 5 N–H and O–H groups in total. The topological polar surface area (TPSA) is 142 Å². The van der Waals surface area contributed by atoms with Gasteiger partial charge in [-0.1, -0.05) is 12.1 Å². The van der Waals surface area contributed by atoms with Crippen LogP contribution < -0.4 is 16.2 Å². The van der Waals surface area contributed by atoms with Gasteiger partial charge in [0.25, 0.3) is 5.91 Å². The van der Waals surface area contributed by atoms with Crippen LogP contribution in [0.1, 0.15) is 16.1 Å². The van der Waals surface area contributed by atoms with Crippen LogP contribution in [0.4, 0.5) is 5.69 Å². The minimum absolute atomic E-state index is 0.0140. The number of aromatic nitrogens is 4. The van der Waals surface area contributed by atoms with Crippen molar-refractivity contribution in [2.45, 2.75) is 6.92 Å². The van der Waals surface area contributed by atoms with Crippen molar-refractivity contribution in [1.29, 1.82) is 0 Å². The van der Waals surface area contributed by atoms with Crippen molar-refractivity contribution in [3.8, 4) is 28.4 Å². The first-order chi connectivity index (χ1) is 15.0. The number of carbonyl (C=O) groups is 1. The molecule has 3 aromatic heterocycles. The summed E-state index contributed by atoms with van der Waals surface area (Å²) in [6, 6.07) is 11.0. The first-order valence-corrected chi connectivity index (χ1v) is 9.62. The summed E-state index contributed by atoms with van der Waals surface area (Å²) in [5.41, 5.74) is 16.4. The average Bonchev–Trinajstić information content (AvgIpc) is 3.23. The molecule has 0 spiro atoms. The number of rotatable bonds is 7. The fourth-order valence-electron chi connectivity index (χ4n) is 3.43. The highest BCUT2D eigenvalue weighted by Crippen LogP contribution is 2.37. The van der Waals surface area contributed by atoms with Crippen LogP contribution >= 0.6 is 0 Å². The van der Waals surface area contributed by atoms with E-state index in [-0.39, 0.29) is 11.4 Å². The maximum atomic E-state index is 12.1. The van der Waals surface area contributed by atoms with Gasteiger partial charge in [0.05, 0.1) is 35.4 Å². The van der Waals surface area contributed by atoms with Gasteiger partial charge in [-0.05, 0) is 36.2 Å². The van der Waals surface area contributed by atoms with E-state index in [9.17, 15) is 4.79 Å². The van der Waals surface area contributed by atoms with Crippen molar-refractivity contribution in [3.63, 3.8) is 0 Å².